The van der Waals surface area contributed by atoms with Crippen LogP contribution in [0.1, 0.15) is 25.3 Å². The highest BCUT2D eigenvalue weighted by Gasteiger charge is 2.37. The molecular formula is C13H13N2O3-. The topological polar surface area (TPSA) is 78.6 Å². The molecule has 5 nitrogen and oxygen atoms in total. The summed E-state index contributed by atoms with van der Waals surface area (Å²) in [6.45, 7) is 1.62. The van der Waals surface area contributed by atoms with E-state index in [-0.39, 0.29) is 12.8 Å². The number of hydroxylamine groups is 1. The molecule has 0 saturated heterocycles. The SMILES string of the molecule is C[C@]1(CCC(=O)[O-])N=C(c2ccccc2)C=[N+]1[O-]. The lowest BCUT2D eigenvalue weighted by atomic mass is 10.1. The van der Waals surface area contributed by atoms with Crippen LogP contribution in [0.2, 0.25) is 0 Å². The quantitative estimate of drug-likeness (QED) is 0.566. The van der Waals surface area contributed by atoms with Crippen molar-refractivity contribution in [2.75, 3.05) is 0 Å². The Morgan fingerprint density at radius 2 is 2.06 bits per heavy atom. The van der Waals surface area contributed by atoms with Crippen molar-refractivity contribution in [2.24, 2.45) is 4.99 Å². The Balaban J connectivity index is 2.24. The standard InChI is InChI=1S/C13H14N2O3/c1-13(8-7-12(16)17)14-11(9-15(13)18)10-5-3-2-4-6-10/h2-6,9H,7-8H2,1H3,(H,16,17)/p-1/t13-/m0/s1. The van der Waals surface area contributed by atoms with Crippen molar-refractivity contribution in [1.82, 2.24) is 0 Å². The zero-order chi connectivity index (χ0) is 13.2. The first-order valence-electron chi connectivity index (χ1n) is 5.68. The maximum atomic E-state index is 11.8. The number of carbonyl (C=O) groups excluding carboxylic acids is 1. The van der Waals surface area contributed by atoms with Gasteiger partial charge in [-0.2, -0.15) is 4.74 Å². The van der Waals surface area contributed by atoms with Crippen molar-refractivity contribution in [3.05, 3.63) is 41.1 Å². The third-order valence-electron chi connectivity index (χ3n) is 2.95. The van der Waals surface area contributed by atoms with E-state index in [9.17, 15) is 15.1 Å². The first-order valence-corrected chi connectivity index (χ1v) is 5.68. The summed E-state index contributed by atoms with van der Waals surface area (Å²) >= 11 is 0. The summed E-state index contributed by atoms with van der Waals surface area (Å²) in [5.74, 6) is -1.17. The molecule has 1 aromatic rings. The molecule has 0 radical (unpaired) electrons. The highest BCUT2D eigenvalue weighted by atomic mass is 16.5. The van der Waals surface area contributed by atoms with E-state index in [0.29, 0.717) is 10.5 Å². The van der Waals surface area contributed by atoms with Crippen molar-refractivity contribution >= 4 is 17.9 Å². The molecule has 5 heteroatoms. The molecule has 0 N–H and O–H groups in total. The molecule has 1 heterocycles. The van der Waals surface area contributed by atoms with E-state index in [0.717, 1.165) is 5.56 Å². The smallest absolute Gasteiger partial charge is 0.263 e. The van der Waals surface area contributed by atoms with E-state index >= 15 is 0 Å². The highest BCUT2D eigenvalue weighted by Crippen LogP contribution is 2.23. The zero-order valence-corrected chi connectivity index (χ0v) is 10.00. The van der Waals surface area contributed by atoms with E-state index in [1.807, 2.05) is 30.3 Å². The van der Waals surface area contributed by atoms with Crippen molar-refractivity contribution < 1.29 is 14.6 Å². The van der Waals surface area contributed by atoms with Gasteiger partial charge in [0.1, 0.15) is 5.71 Å². The van der Waals surface area contributed by atoms with Gasteiger partial charge in [0.15, 0.2) is 0 Å². The van der Waals surface area contributed by atoms with E-state index in [4.69, 9.17) is 0 Å². The fourth-order valence-corrected chi connectivity index (χ4v) is 1.84. The van der Waals surface area contributed by atoms with Gasteiger partial charge in [0.05, 0.1) is 0 Å². The van der Waals surface area contributed by atoms with Crippen molar-refractivity contribution in [2.45, 2.75) is 25.4 Å². The average molecular weight is 245 g/mol. The van der Waals surface area contributed by atoms with E-state index in [1.165, 1.54) is 6.21 Å². The molecule has 0 saturated carbocycles. The number of nitrogens with zero attached hydrogens (tertiary/aromatic N) is 2. The monoisotopic (exact) mass is 245 g/mol. The Kier molecular flexibility index (Phi) is 3.14. The van der Waals surface area contributed by atoms with Crippen LogP contribution in [0.5, 0.6) is 0 Å². The maximum Gasteiger partial charge on any atom is 0.263 e. The molecule has 1 aromatic carbocycles. The van der Waals surface area contributed by atoms with Gasteiger partial charge in [-0.25, -0.2) is 4.99 Å². The molecule has 18 heavy (non-hydrogen) atoms. The Labute approximate surface area is 105 Å². The number of carbonyl (C=O) groups is 1. The van der Waals surface area contributed by atoms with E-state index in [1.54, 1.807) is 6.92 Å². The number of carboxylic acids is 1. The number of hydrogen-bond donors (Lipinski definition) is 0. The van der Waals surface area contributed by atoms with Gasteiger partial charge in [-0.1, -0.05) is 30.3 Å². The van der Waals surface area contributed by atoms with Crippen LogP contribution in [0, 0.1) is 5.21 Å². The lowest BCUT2D eigenvalue weighted by molar-refractivity contribution is -0.535. The summed E-state index contributed by atoms with van der Waals surface area (Å²) in [4.78, 5) is 14.8. The lowest BCUT2D eigenvalue weighted by Crippen LogP contribution is -2.34. The van der Waals surface area contributed by atoms with Gasteiger partial charge in [0, 0.05) is 24.9 Å². The average Bonchev–Trinajstić information content (AvgIpc) is 2.65. The second-order valence-corrected chi connectivity index (χ2v) is 4.41. The number of rotatable bonds is 4. The fourth-order valence-electron chi connectivity index (χ4n) is 1.84. The summed E-state index contributed by atoms with van der Waals surface area (Å²) in [7, 11) is 0. The number of hydrogen-bond acceptors (Lipinski definition) is 4. The third kappa shape index (κ3) is 2.40. The fraction of sp³-hybridized carbons (Fsp3) is 0.308. The van der Waals surface area contributed by atoms with Crippen LogP contribution in [0.4, 0.5) is 0 Å². The Hall–Kier alpha value is -2.17. The summed E-state index contributed by atoms with van der Waals surface area (Å²) in [5, 5.41) is 22.3. The van der Waals surface area contributed by atoms with Crippen molar-refractivity contribution in [1.29, 1.82) is 0 Å². The Bertz CT molecular complexity index is 522. The van der Waals surface area contributed by atoms with Gasteiger partial charge in [-0.15, -0.1) is 0 Å². The number of carboxylic acid groups (broad SMARTS) is 1. The van der Waals surface area contributed by atoms with Gasteiger partial charge in [0.2, 0.25) is 6.21 Å². The Morgan fingerprint density at radius 1 is 1.39 bits per heavy atom. The normalized spacial score (nSPS) is 22.5. The molecule has 0 bridgehead atoms. The molecule has 0 amide bonds. The van der Waals surface area contributed by atoms with Crippen LogP contribution in [-0.2, 0) is 4.79 Å². The largest absolute Gasteiger partial charge is 0.622 e. The predicted octanol–water partition coefficient (Wildman–Crippen LogP) is 0.317. The van der Waals surface area contributed by atoms with Gasteiger partial charge in [-0.3, -0.25) is 0 Å². The van der Waals surface area contributed by atoms with E-state index in [2.05, 4.69) is 4.99 Å². The van der Waals surface area contributed by atoms with Crippen LogP contribution in [0.3, 0.4) is 0 Å². The van der Waals surface area contributed by atoms with Gasteiger partial charge in [0.25, 0.3) is 5.66 Å². The summed E-state index contributed by atoms with van der Waals surface area (Å²) in [6.07, 6.45) is 1.34. The number of aliphatic imine (C=N–C) groups is 1. The van der Waals surface area contributed by atoms with Crippen LogP contribution in [0.15, 0.2) is 35.3 Å². The minimum atomic E-state index is -1.17. The summed E-state index contributed by atoms with van der Waals surface area (Å²) < 4.78 is 0.707. The first kappa shape index (κ1) is 12.3. The molecule has 0 aliphatic carbocycles. The molecule has 0 spiro atoms. The van der Waals surface area contributed by atoms with Crippen molar-refractivity contribution in [3.8, 4) is 0 Å². The molecular weight excluding hydrogens is 232 g/mol. The molecule has 0 unspecified atom stereocenters. The second kappa shape index (κ2) is 4.60. The lowest BCUT2D eigenvalue weighted by Gasteiger charge is -2.20. The van der Waals surface area contributed by atoms with Crippen molar-refractivity contribution in [3.63, 3.8) is 0 Å². The predicted molar refractivity (Wildman–Crippen MR) is 65.3 cm³/mol. The minimum Gasteiger partial charge on any atom is -0.622 e. The Morgan fingerprint density at radius 3 is 2.67 bits per heavy atom. The first-order chi connectivity index (χ1) is 8.51. The molecule has 2 rings (SSSR count). The molecule has 1 aliphatic heterocycles. The zero-order valence-electron chi connectivity index (χ0n) is 10.00. The second-order valence-electron chi connectivity index (χ2n) is 4.41. The third-order valence-corrected chi connectivity index (χ3v) is 2.95. The van der Waals surface area contributed by atoms with Crippen LogP contribution >= 0.6 is 0 Å². The molecule has 1 aliphatic rings. The van der Waals surface area contributed by atoms with Gasteiger partial charge < -0.3 is 15.1 Å². The molecule has 0 aromatic heterocycles. The van der Waals surface area contributed by atoms with Gasteiger partial charge in [-0.05, 0) is 6.42 Å². The highest BCUT2D eigenvalue weighted by molar-refractivity contribution is 6.37. The molecule has 0 fully saturated rings. The summed E-state index contributed by atoms with van der Waals surface area (Å²) in [6, 6.07) is 9.31. The van der Waals surface area contributed by atoms with Crippen LogP contribution < -0.4 is 5.11 Å². The van der Waals surface area contributed by atoms with Crippen LogP contribution in [-0.4, -0.2) is 28.3 Å². The van der Waals surface area contributed by atoms with Gasteiger partial charge >= 0.3 is 0 Å². The maximum absolute atomic E-state index is 11.8. The molecule has 1 atom stereocenters. The number of benzene rings is 1. The molecule has 94 valence electrons. The minimum absolute atomic E-state index is 0.131. The van der Waals surface area contributed by atoms with Crippen LogP contribution in [0.25, 0.3) is 0 Å². The summed E-state index contributed by atoms with van der Waals surface area (Å²) in [5.41, 5.74) is 0.368. The van der Waals surface area contributed by atoms with E-state index < -0.39 is 11.6 Å². The number of aliphatic carboxylic acids is 1.